The van der Waals surface area contributed by atoms with E-state index < -0.39 is 0 Å². The molecule has 6 nitrogen and oxygen atoms in total. The predicted molar refractivity (Wildman–Crippen MR) is 117 cm³/mol. The van der Waals surface area contributed by atoms with Gasteiger partial charge in [-0.15, -0.1) is 24.0 Å². The fraction of sp³-hybridized carbons (Fsp3) is 0.316. The van der Waals surface area contributed by atoms with E-state index in [1.807, 2.05) is 49.4 Å². The first-order valence-corrected chi connectivity index (χ1v) is 8.05. The second-order valence-electron chi connectivity index (χ2n) is 5.36. The maximum absolute atomic E-state index is 5.72. The summed E-state index contributed by atoms with van der Waals surface area (Å²) in [6.45, 7) is 3.21. The predicted octanol–water partition coefficient (Wildman–Crippen LogP) is 3.70. The lowest BCUT2D eigenvalue weighted by molar-refractivity contribution is 0.322. The monoisotopic (exact) mass is 471 g/mol. The fourth-order valence-corrected chi connectivity index (χ4v) is 2.27. The average Bonchev–Trinajstić information content (AvgIpc) is 2.64. The van der Waals surface area contributed by atoms with E-state index in [9.17, 15) is 0 Å². The molecule has 0 amide bonds. The zero-order valence-corrected chi connectivity index (χ0v) is 17.9. The Kier molecular flexibility index (Phi) is 9.64. The van der Waals surface area contributed by atoms with E-state index in [1.54, 1.807) is 21.3 Å². The van der Waals surface area contributed by atoms with Crippen LogP contribution in [-0.4, -0.2) is 40.4 Å². The van der Waals surface area contributed by atoms with Gasteiger partial charge in [0.2, 0.25) is 0 Å². The summed E-state index contributed by atoms with van der Waals surface area (Å²) in [5, 5.41) is 6.42. The van der Waals surface area contributed by atoms with Gasteiger partial charge in [0.05, 0.1) is 20.8 Å². The van der Waals surface area contributed by atoms with Crippen LogP contribution < -0.4 is 24.8 Å². The van der Waals surface area contributed by atoms with Crippen LogP contribution in [0.15, 0.2) is 47.5 Å². The second kappa shape index (κ2) is 11.5. The van der Waals surface area contributed by atoms with Crippen LogP contribution in [0.2, 0.25) is 0 Å². The normalized spacial score (nSPS) is 10.5. The molecule has 0 unspecified atom stereocenters. The molecule has 0 aliphatic carbocycles. The van der Waals surface area contributed by atoms with Crippen LogP contribution >= 0.6 is 24.0 Å². The van der Waals surface area contributed by atoms with E-state index in [1.165, 1.54) is 5.56 Å². The SMILES string of the molecule is CN=C(NCCOc1cccc(C)c1)Nc1ccc(OC)c(OC)c1.I. The summed E-state index contributed by atoms with van der Waals surface area (Å²) in [6, 6.07) is 13.6. The van der Waals surface area contributed by atoms with Crippen LogP contribution in [0.4, 0.5) is 5.69 Å². The number of benzene rings is 2. The van der Waals surface area contributed by atoms with Gasteiger partial charge < -0.3 is 24.8 Å². The van der Waals surface area contributed by atoms with Gasteiger partial charge in [0.25, 0.3) is 0 Å². The molecule has 0 spiro atoms. The maximum Gasteiger partial charge on any atom is 0.195 e. The molecule has 0 aliphatic rings. The van der Waals surface area contributed by atoms with Crippen molar-refractivity contribution in [3.63, 3.8) is 0 Å². The highest BCUT2D eigenvalue weighted by atomic mass is 127. The van der Waals surface area contributed by atoms with Gasteiger partial charge in [-0.05, 0) is 36.8 Å². The Hall–Kier alpha value is -2.16. The van der Waals surface area contributed by atoms with E-state index in [4.69, 9.17) is 14.2 Å². The molecule has 0 fully saturated rings. The zero-order chi connectivity index (χ0) is 18.1. The first-order chi connectivity index (χ1) is 12.2. The third-order valence-electron chi connectivity index (χ3n) is 3.52. The van der Waals surface area contributed by atoms with Crippen molar-refractivity contribution in [2.75, 3.05) is 39.7 Å². The molecule has 0 heterocycles. The number of guanidine groups is 1. The summed E-state index contributed by atoms with van der Waals surface area (Å²) < 4.78 is 16.3. The number of aliphatic imine (C=N–C) groups is 1. The average molecular weight is 471 g/mol. The fourth-order valence-electron chi connectivity index (χ4n) is 2.27. The molecule has 2 N–H and O–H groups in total. The standard InChI is InChI=1S/C19H25N3O3.HI/c1-14-6-5-7-16(12-14)25-11-10-21-19(20-2)22-15-8-9-17(23-3)18(13-15)24-4;/h5-9,12-13H,10-11H2,1-4H3,(H2,20,21,22);1H. The minimum absolute atomic E-state index is 0. The molecule has 0 saturated carbocycles. The third kappa shape index (κ3) is 6.62. The molecule has 0 aliphatic heterocycles. The number of nitrogens with zero attached hydrogens (tertiary/aromatic N) is 1. The highest BCUT2D eigenvalue weighted by molar-refractivity contribution is 14.0. The number of nitrogens with one attached hydrogen (secondary N) is 2. The molecule has 2 aromatic rings. The summed E-state index contributed by atoms with van der Waals surface area (Å²) in [4.78, 5) is 4.21. The lowest BCUT2D eigenvalue weighted by atomic mass is 10.2. The molecule has 2 rings (SSSR count). The molecule has 0 atom stereocenters. The number of hydrogen-bond acceptors (Lipinski definition) is 4. The zero-order valence-electron chi connectivity index (χ0n) is 15.5. The number of ether oxygens (including phenoxy) is 3. The van der Waals surface area contributed by atoms with Crippen molar-refractivity contribution in [1.82, 2.24) is 5.32 Å². The van der Waals surface area contributed by atoms with Crippen molar-refractivity contribution in [3.05, 3.63) is 48.0 Å². The summed E-state index contributed by atoms with van der Waals surface area (Å²) in [5.41, 5.74) is 2.03. The second-order valence-corrected chi connectivity index (χ2v) is 5.36. The van der Waals surface area contributed by atoms with Gasteiger partial charge in [-0.25, -0.2) is 0 Å². The van der Waals surface area contributed by atoms with Gasteiger partial charge in [0, 0.05) is 18.8 Å². The molecule has 0 aromatic heterocycles. The van der Waals surface area contributed by atoms with Crippen LogP contribution in [0.5, 0.6) is 17.2 Å². The Balaban J connectivity index is 0.00000338. The van der Waals surface area contributed by atoms with Crippen LogP contribution in [0, 0.1) is 6.92 Å². The quantitative estimate of drug-likeness (QED) is 0.279. The van der Waals surface area contributed by atoms with Gasteiger partial charge in [-0.2, -0.15) is 0 Å². The number of methoxy groups -OCH3 is 2. The number of hydrogen-bond donors (Lipinski definition) is 2. The van der Waals surface area contributed by atoms with Crippen LogP contribution in [0.1, 0.15) is 5.56 Å². The first-order valence-electron chi connectivity index (χ1n) is 8.05. The molecular weight excluding hydrogens is 445 g/mol. The van der Waals surface area contributed by atoms with Crippen LogP contribution in [-0.2, 0) is 0 Å². The van der Waals surface area contributed by atoms with E-state index in [2.05, 4.69) is 15.6 Å². The van der Waals surface area contributed by atoms with E-state index >= 15 is 0 Å². The van der Waals surface area contributed by atoms with E-state index in [0.29, 0.717) is 30.6 Å². The number of aryl methyl sites for hydroxylation is 1. The summed E-state index contributed by atoms with van der Waals surface area (Å²) in [5.74, 6) is 2.86. The van der Waals surface area contributed by atoms with Gasteiger partial charge in [-0.1, -0.05) is 12.1 Å². The smallest absolute Gasteiger partial charge is 0.195 e. The summed E-state index contributed by atoms with van der Waals surface area (Å²) >= 11 is 0. The molecule has 0 saturated heterocycles. The molecule has 7 heteroatoms. The molecule has 0 radical (unpaired) electrons. The van der Waals surface area contributed by atoms with Gasteiger partial charge in [0.15, 0.2) is 17.5 Å². The molecule has 142 valence electrons. The van der Waals surface area contributed by atoms with Crippen molar-refractivity contribution < 1.29 is 14.2 Å². The van der Waals surface area contributed by atoms with Crippen molar-refractivity contribution in [3.8, 4) is 17.2 Å². The minimum Gasteiger partial charge on any atom is -0.493 e. The highest BCUT2D eigenvalue weighted by Gasteiger charge is 2.06. The maximum atomic E-state index is 5.72. The Bertz CT molecular complexity index is 723. The Morgan fingerprint density at radius 3 is 2.46 bits per heavy atom. The van der Waals surface area contributed by atoms with Crippen LogP contribution in [0.25, 0.3) is 0 Å². The number of anilines is 1. The first kappa shape index (κ1) is 21.9. The lowest BCUT2D eigenvalue weighted by Crippen LogP contribution is -2.33. The number of rotatable bonds is 7. The Morgan fingerprint density at radius 2 is 1.81 bits per heavy atom. The highest BCUT2D eigenvalue weighted by Crippen LogP contribution is 2.29. The van der Waals surface area contributed by atoms with Gasteiger partial charge in [-0.3, -0.25) is 4.99 Å². The topological polar surface area (TPSA) is 64.1 Å². The van der Waals surface area contributed by atoms with Crippen molar-refractivity contribution >= 4 is 35.6 Å². The third-order valence-corrected chi connectivity index (χ3v) is 3.52. The van der Waals surface area contributed by atoms with Crippen molar-refractivity contribution in [2.45, 2.75) is 6.92 Å². The van der Waals surface area contributed by atoms with Crippen LogP contribution in [0.3, 0.4) is 0 Å². The van der Waals surface area contributed by atoms with E-state index in [0.717, 1.165) is 11.4 Å². The molecule has 0 bridgehead atoms. The van der Waals surface area contributed by atoms with Crippen molar-refractivity contribution in [1.29, 1.82) is 0 Å². The molecule has 26 heavy (non-hydrogen) atoms. The number of halogens is 1. The Morgan fingerprint density at radius 1 is 1.04 bits per heavy atom. The largest absolute Gasteiger partial charge is 0.493 e. The van der Waals surface area contributed by atoms with Crippen molar-refractivity contribution in [2.24, 2.45) is 4.99 Å². The minimum atomic E-state index is 0. The molecular formula is C19H26IN3O3. The van der Waals surface area contributed by atoms with Gasteiger partial charge >= 0.3 is 0 Å². The van der Waals surface area contributed by atoms with E-state index in [-0.39, 0.29) is 24.0 Å². The summed E-state index contributed by atoms with van der Waals surface area (Å²) in [6.07, 6.45) is 0. The molecule has 2 aromatic carbocycles. The lowest BCUT2D eigenvalue weighted by Gasteiger charge is -2.14. The van der Waals surface area contributed by atoms with Gasteiger partial charge in [0.1, 0.15) is 12.4 Å². The Labute approximate surface area is 172 Å². The summed E-state index contributed by atoms with van der Waals surface area (Å²) in [7, 11) is 4.94.